The number of carbonyl (C=O) groups is 1. The van der Waals surface area contributed by atoms with Crippen LogP contribution in [0.2, 0.25) is 10.0 Å². The van der Waals surface area contributed by atoms with E-state index in [9.17, 15) is 4.79 Å². The average molecular weight is 418 g/mol. The van der Waals surface area contributed by atoms with Gasteiger partial charge in [0, 0.05) is 0 Å². The summed E-state index contributed by atoms with van der Waals surface area (Å²) in [4.78, 5) is 16.9. The lowest BCUT2D eigenvalue weighted by molar-refractivity contribution is 0.102. The third-order valence-corrected chi connectivity index (χ3v) is 4.71. The van der Waals surface area contributed by atoms with Crippen LogP contribution in [0.15, 0.2) is 40.0 Å². The Balaban J connectivity index is 1.89. The largest absolute Gasteiger partial charge is 0.382 e. The van der Waals surface area contributed by atoms with Gasteiger partial charge >= 0.3 is 0 Å². The summed E-state index contributed by atoms with van der Waals surface area (Å²) in [6.45, 7) is 5.80. The van der Waals surface area contributed by atoms with Gasteiger partial charge in [0.05, 0.1) is 21.3 Å². The minimum Gasteiger partial charge on any atom is -0.382 e. The Labute approximate surface area is 171 Å². The first-order chi connectivity index (χ1) is 13.3. The molecule has 2 aromatic carbocycles. The molecule has 1 amide bonds. The van der Waals surface area contributed by atoms with Crippen molar-refractivity contribution in [3.8, 4) is 0 Å². The Kier molecular flexibility index (Phi) is 5.67. The highest BCUT2D eigenvalue weighted by Crippen LogP contribution is 2.27. The Hall–Kier alpha value is -2.90. The number of carbonyl (C=O) groups excluding carboxylic acids is 1. The van der Waals surface area contributed by atoms with Crippen LogP contribution in [-0.4, -0.2) is 22.1 Å². The maximum absolute atomic E-state index is 12.6. The molecule has 0 atom stereocenters. The quantitative estimate of drug-likeness (QED) is 0.476. The molecule has 3 rings (SSSR count). The van der Waals surface area contributed by atoms with Crippen molar-refractivity contribution in [1.29, 1.82) is 0 Å². The van der Waals surface area contributed by atoms with Crippen molar-refractivity contribution < 1.29 is 9.42 Å². The summed E-state index contributed by atoms with van der Waals surface area (Å²) in [5.41, 5.74) is 9.95. The van der Waals surface area contributed by atoms with E-state index in [2.05, 4.69) is 20.6 Å². The van der Waals surface area contributed by atoms with E-state index in [0.717, 1.165) is 16.7 Å². The van der Waals surface area contributed by atoms with Crippen LogP contribution in [0.5, 0.6) is 0 Å². The number of amidine groups is 1. The Morgan fingerprint density at radius 1 is 1.07 bits per heavy atom. The van der Waals surface area contributed by atoms with Gasteiger partial charge in [-0.05, 0) is 72.0 Å². The first-order valence-electron chi connectivity index (χ1n) is 8.27. The van der Waals surface area contributed by atoms with E-state index in [1.165, 1.54) is 0 Å². The molecule has 7 nitrogen and oxygen atoms in total. The van der Waals surface area contributed by atoms with Crippen LogP contribution >= 0.6 is 23.2 Å². The second kappa shape index (κ2) is 8.00. The lowest BCUT2D eigenvalue weighted by Crippen LogP contribution is -2.19. The number of halogens is 2. The molecule has 0 radical (unpaired) electrons. The zero-order valence-electron chi connectivity index (χ0n) is 15.4. The number of nitrogens with two attached hydrogens (primary N) is 1. The van der Waals surface area contributed by atoms with Gasteiger partial charge in [-0.1, -0.05) is 29.3 Å². The fourth-order valence-electron chi connectivity index (χ4n) is 2.51. The van der Waals surface area contributed by atoms with Crippen molar-refractivity contribution in [2.24, 2.45) is 10.7 Å². The van der Waals surface area contributed by atoms with Crippen molar-refractivity contribution in [1.82, 2.24) is 10.3 Å². The highest BCUT2D eigenvalue weighted by Gasteiger charge is 2.21. The summed E-state index contributed by atoms with van der Waals surface area (Å²) >= 11 is 12.3. The third kappa shape index (κ3) is 4.16. The van der Waals surface area contributed by atoms with E-state index in [-0.39, 0.29) is 33.0 Å². The molecular weight excluding hydrogens is 401 g/mol. The van der Waals surface area contributed by atoms with E-state index in [1.54, 1.807) is 12.1 Å². The van der Waals surface area contributed by atoms with Crippen LogP contribution in [0, 0.1) is 20.8 Å². The number of aryl methyl sites for hydroxylation is 3. The molecule has 1 aromatic heterocycles. The van der Waals surface area contributed by atoms with Gasteiger partial charge in [-0.25, -0.2) is 9.62 Å². The summed E-state index contributed by atoms with van der Waals surface area (Å²) in [6, 6.07) is 8.93. The van der Waals surface area contributed by atoms with Crippen LogP contribution in [0.3, 0.4) is 0 Å². The van der Waals surface area contributed by atoms with Crippen molar-refractivity contribution in [2.45, 2.75) is 20.8 Å². The summed E-state index contributed by atoms with van der Waals surface area (Å²) in [5.74, 6) is -0.505. The zero-order valence-corrected chi connectivity index (χ0v) is 16.9. The minimum atomic E-state index is -0.564. The van der Waals surface area contributed by atoms with Gasteiger partial charge in [-0.3, -0.25) is 4.79 Å². The number of aliphatic imine (C=N–C) groups is 1. The zero-order chi connectivity index (χ0) is 20.4. The molecule has 3 N–H and O–H groups in total. The van der Waals surface area contributed by atoms with Gasteiger partial charge in [0.1, 0.15) is 0 Å². The van der Waals surface area contributed by atoms with Crippen LogP contribution in [0.4, 0.5) is 11.5 Å². The number of aromatic nitrogens is 2. The number of hydrogen-bond acceptors (Lipinski definition) is 5. The van der Waals surface area contributed by atoms with Crippen LogP contribution in [0.1, 0.15) is 32.7 Å². The number of rotatable bonds is 4. The average Bonchev–Trinajstić information content (AvgIpc) is 3.05. The minimum absolute atomic E-state index is 0.0165. The molecule has 0 saturated carbocycles. The van der Waals surface area contributed by atoms with Gasteiger partial charge < -0.3 is 11.1 Å². The fourth-order valence-corrected chi connectivity index (χ4v) is 3.28. The number of amides is 1. The normalized spacial score (nSPS) is 11.5. The number of benzene rings is 2. The first kappa shape index (κ1) is 19.9. The predicted octanol–water partition coefficient (Wildman–Crippen LogP) is 4.59. The van der Waals surface area contributed by atoms with Crippen molar-refractivity contribution in [2.75, 3.05) is 5.32 Å². The van der Waals surface area contributed by atoms with Gasteiger partial charge in [0.15, 0.2) is 11.5 Å². The predicted molar refractivity (Wildman–Crippen MR) is 110 cm³/mol. The molecule has 3 aromatic rings. The number of nitrogens with one attached hydrogen (secondary N) is 1. The van der Waals surface area contributed by atoms with Crippen LogP contribution in [-0.2, 0) is 0 Å². The van der Waals surface area contributed by atoms with Crippen molar-refractivity contribution in [3.05, 3.63) is 68.3 Å². The Morgan fingerprint density at radius 3 is 2.39 bits per heavy atom. The molecule has 1 heterocycles. The summed E-state index contributed by atoms with van der Waals surface area (Å²) in [6.07, 6.45) is 0. The number of nitrogens with zero attached hydrogens (tertiary/aromatic N) is 3. The van der Waals surface area contributed by atoms with Gasteiger partial charge in [-0.2, -0.15) is 0 Å². The molecule has 0 spiro atoms. The molecule has 0 aliphatic heterocycles. The molecule has 9 heteroatoms. The summed E-state index contributed by atoms with van der Waals surface area (Å²) in [7, 11) is 0. The van der Waals surface area contributed by atoms with Crippen LogP contribution in [0.25, 0.3) is 0 Å². The second-order valence-corrected chi connectivity index (χ2v) is 7.10. The van der Waals surface area contributed by atoms with E-state index < -0.39 is 5.91 Å². The topological polar surface area (TPSA) is 106 Å². The molecule has 0 bridgehead atoms. The highest BCUT2D eigenvalue weighted by atomic mass is 35.5. The third-order valence-electron chi connectivity index (χ3n) is 4.12. The Bertz CT molecular complexity index is 1070. The summed E-state index contributed by atoms with van der Waals surface area (Å²) < 4.78 is 4.72. The second-order valence-electron chi connectivity index (χ2n) is 6.28. The van der Waals surface area contributed by atoms with Gasteiger partial charge in [-0.15, -0.1) is 0 Å². The molecule has 144 valence electrons. The number of anilines is 1. The maximum atomic E-state index is 12.6. The van der Waals surface area contributed by atoms with E-state index in [0.29, 0.717) is 5.69 Å². The van der Waals surface area contributed by atoms with E-state index >= 15 is 0 Å². The number of hydrogen-bond donors (Lipinski definition) is 2. The molecule has 0 unspecified atom stereocenters. The molecule has 0 saturated heterocycles. The van der Waals surface area contributed by atoms with Crippen molar-refractivity contribution in [3.63, 3.8) is 0 Å². The lowest BCUT2D eigenvalue weighted by Gasteiger charge is -2.08. The van der Waals surface area contributed by atoms with Gasteiger partial charge in [0.25, 0.3) is 5.91 Å². The summed E-state index contributed by atoms with van der Waals surface area (Å²) in [5, 5.41) is 10.4. The molecule has 0 aliphatic rings. The van der Waals surface area contributed by atoms with Crippen molar-refractivity contribution >= 4 is 46.4 Å². The highest BCUT2D eigenvalue weighted by molar-refractivity contribution is 6.40. The lowest BCUT2D eigenvalue weighted by atomic mass is 10.1. The maximum Gasteiger partial charge on any atom is 0.260 e. The Morgan fingerprint density at radius 2 is 1.75 bits per heavy atom. The molecule has 0 aliphatic carbocycles. The smallest absolute Gasteiger partial charge is 0.260 e. The molecule has 28 heavy (non-hydrogen) atoms. The first-order valence-corrected chi connectivity index (χ1v) is 9.03. The fraction of sp³-hybridized carbons (Fsp3) is 0.158. The monoisotopic (exact) mass is 417 g/mol. The van der Waals surface area contributed by atoms with E-state index in [1.807, 2.05) is 39.0 Å². The standard InChI is InChI=1S/C19H17Cl2N5O2/c1-9-6-13(20)15(14(21)7-9)19(27)24-18-16(25-28-26-18)17(22)23-12-5-4-10(2)11(3)8-12/h4-8H,1-3H3,(H2,22,23)(H,24,26,27). The van der Waals surface area contributed by atoms with Crippen LogP contribution < -0.4 is 11.1 Å². The van der Waals surface area contributed by atoms with Gasteiger partial charge in [0.2, 0.25) is 5.82 Å². The molecular formula is C19H17Cl2N5O2. The van der Waals surface area contributed by atoms with E-state index in [4.69, 9.17) is 33.6 Å². The SMILES string of the molecule is Cc1cc(Cl)c(C(=O)Nc2nonc2C(N)=Nc2ccc(C)c(C)c2)c(Cl)c1. The molecule has 0 fully saturated rings.